The van der Waals surface area contributed by atoms with E-state index in [4.69, 9.17) is 5.11 Å². The lowest BCUT2D eigenvalue weighted by Crippen LogP contribution is -2.29. The number of aromatic amines is 2. The predicted molar refractivity (Wildman–Crippen MR) is 76.1 cm³/mol. The summed E-state index contributed by atoms with van der Waals surface area (Å²) in [6.07, 6.45) is 0.243. The minimum absolute atomic E-state index is 0.145. The molecule has 2 aromatic rings. The van der Waals surface area contributed by atoms with Gasteiger partial charge < -0.3 is 20.4 Å². The van der Waals surface area contributed by atoms with Gasteiger partial charge in [-0.05, 0) is 18.5 Å². The van der Waals surface area contributed by atoms with Gasteiger partial charge in [-0.3, -0.25) is 24.5 Å². The van der Waals surface area contributed by atoms with Gasteiger partial charge in [0.2, 0.25) is 0 Å². The maximum atomic E-state index is 11.4. The molecule has 0 aliphatic rings. The normalized spacial score (nSPS) is 10.7. The van der Waals surface area contributed by atoms with Crippen molar-refractivity contribution in [2.75, 3.05) is 13.1 Å². The number of H-pyrrole nitrogens is 2. The third-order valence-electron chi connectivity index (χ3n) is 2.96. The molecule has 0 bridgehead atoms. The lowest BCUT2D eigenvalue weighted by atomic mass is 10.1. The highest BCUT2D eigenvalue weighted by Gasteiger charge is 2.13. The summed E-state index contributed by atoms with van der Waals surface area (Å²) in [5.74, 6) is -1.03. The van der Waals surface area contributed by atoms with E-state index in [1.54, 1.807) is 0 Å². The Hall–Kier alpha value is -3.01. The number of hydrogen-bond acceptors (Lipinski definition) is 6. The second-order valence-electron chi connectivity index (χ2n) is 4.51. The lowest BCUT2D eigenvalue weighted by molar-refractivity contribution is -0.384. The summed E-state index contributed by atoms with van der Waals surface area (Å²) < 4.78 is 0. The lowest BCUT2D eigenvalue weighted by Gasteiger charge is -2.07. The second-order valence-corrected chi connectivity index (χ2v) is 4.51. The number of nitrogens with zero attached hydrogens (tertiary/aromatic N) is 1. The van der Waals surface area contributed by atoms with Crippen LogP contribution in [-0.2, 0) is 11.2 Å². The first-order valence-corrected chi connectivity index (χ1v) is 6.24. The molecule has 0 aliphatic carbocycles. The summed E-state index contributed by atoms with van der Waals surface area (Å²) in [4.78, 5) is 48.1. The average molecular weight is 308 g/mol. The van der Waals surface area contributed by atoms with E-state index in [9.17, 15) is 24.5 Å². The molecule has 1 aromatic carbocycles. The van der Waals surface area contributed by atoms with Crippen LogP contribution >= 0.6 is 0 Å². The molecule has 0 unspecified atom stereocenters. The fourth-order valence-electron chi connectivity index (χ4n) is 2.00. The monoisotopic (exact) mass is 308 g/mol. The van der Waals surface area contributed by atoms with Crippen LogP contribution in [0.1, 0.15) is 5.56 Å². The van der Waals surface area contributed by atoms with Crippen LogP contribution in [0, 0.1) is 10.1 Å². The van der Waals surface area contributed by atoms with Crippen molar-refractivity contribution in [2.24, 2.45) is 0 Å². The number of aromatic nitrogens is 2. The quantitative estimate of drug-likeness (QED) is 0.238. The second kappa shape index (κ2) is 6.18. The Labute approximate surface area is 121 Å². The van der Waals surface area contributed by atoms with E-state index in [2.05, 4.69) is 15.3 Å². The molecular weight excluding hydrogens is 296 g/mol. The number of nitro benzene ring substituents is 1. The summed E-state index contributed by atoms with van der Waals surface area (Å²) in [5.41, 5.74) is -1.14. The highest BCUT2D eigenvalue weighted by Crippen LogP contribution is 2.21. The molecule has 22 heavy (non-hydrogen) atoms. The number of nitrogens with one attached hydrogen (secondary N) is 3. The molecule has 2 rings (SSSR count). The van der Waals surface area contributed by atoms with Crippen molar-refractivity contribution in [1.82, 2.24) is 15.3 Å². The molecule has 0 aliphatic heterocycles. The summed E-state index contributed by atoms with van der Waals surface area (Å²) in [7, 11) is 0. The number of aliphatic carboxylic acids is 1. The molecule has 1 heterocycles. The van der Waals surface area contributed by atoms with Crippen LogP contribution in [0.5, 0.6) is 0 Å². The van der Waals surface area contributed by atoms with Crippen LogP contribution in [-0.4, -0.2) is 39.1 Å². The van der Waals surface area contributed by atoms with Crippen LogP contribution < -0.4 is 16.4 Å². The Balaban J connectivity index is 2.43. The van der Waals surface area contributed by atoms with Crippen LogP contribution in [0.2, 0.25) is 0 Å². The number of carboxylic acids is 1. The van der Waals surface area contributed by atoms with Crippen LogP contribution in [0.25, 0.3) is 11.0 Å². The molecule has 0 fully saturated rings. The van der Waals surface area contributed by atoms with Crippen molar-refractivity contribution >= 4 is 22.7 Å². The van der Waals surface area contributed by atoms with E-state index in [1.807, 2.05) is 0 Å². The largest absolute Gasteiger partial charge is 0.480 e. The number of non-ortho nitro benzene ring substituents is 1. The molecule has 1 aromatic heterocycles. The molecule has 0 saturated heterocycles. The average Bonchev–Trinajstić information content (AvgIpc) is 2.44. The molecule has 10 heteroatoms. The number of benzene rings is 1. The molecular formula is C12H12N4O6. The van der Waals surface area contributed by atoms with Gasteiger partial charge in [0.05, 0.1) is 22.5 Å². The van der Waals surface area contributed by atoms with Gasteiger partial charge in [0.15, 0.2) is 0 Å². The fraction of sp³-hybridized carbons (Fsp3) is 0.250. The van der Waals surface area contributed by atoms with Gasteiger partial charge >= 0.3 is 17.1 Å². The number of carbonyl (C=O) groups is 1. The standard InChI is InChI=1S/C12H12N4O6/c17-9(18)5-13-2-1-6-3-7(16(21)22)4-8-10(6)15-12(20)11(19)14-8/h3-4,13H,1-2,5H2,(H,14,19)(H,15,20)(H,17,18). The summed E-state index contributed by atoms with van der Waals surface area (Å²) in [6.45, 7) is -0.00998. The number of rotatable bonds is 6. The van der Waals surface area contributed by atoms with Crippen LogP contribution in [0.15, 0.2) is 21.7 Å². The van der Waals surface area contributed by atoms with Crippen molar-refractivity contribution in [2.45, 2.75) is 6.42 Å². The SMILES string of the molecule is O=C(O)CNCCc1cc([N+](=O)[O-])cc2[nH]c(=O)c(=O)[nH]c12. The highest BCUT2D eigenvalue weighted by molar-refractivity contribution is 5.80. The number of hydrogen-bond donors (Lipinski definition) is 4. The van der Waals surface area contributed by atoms with E-state index in [0.29, 0.717) is 5.56 Å². The van der Waals surface area contributed by atoms with E-state index in [0.717, 1.165) is 6.07 Å². The van der Waals surface area contributed by atoms with Gasteiger partial charge in [0.25, 0.3) is 5.69 Å². The van der Waals surface area contributed by atoms with Gasteiger partial charge in [-0.15, -0.1) is 0 Å². The first-order valence-electron chi connectivity index (χ1n) is 6.24. The Morgan fingerprint density at radius 1 is 1.27 bits per heavy atom. The van der Waals surface area contributed by atoms with E-state index in [1.165, 1.54) is 6.07 Å². The zero-order chi connectivity index (χ0) is 16.3. The number of fused-ring (bicyclic) bond motifs is 1. The van der Waals surface area contributed by atoms with Gasteiger partial charge in [-0.2, -0.15) is 0 Å². The maximum absolute atomic E-state index is 11.4. The van der Waals surface area contributed by atoms with Gasteiger partial charge in [0.1, 0.15) is 0 Å². The van der Waals surface area contributed by atoms with Gasteiger partial charge in [-0.1, -0.05) is 0 Å². The summed E-state index contributed by atoms with van der Waals surface area (Å²) in [6, 6.07) is 2.43. The number of carboxylic acid groups (broad SMARTS) is 1. The molecule has 0 atom stereocenters. The number of nitro groups is 1. The van der Waals surface area contributed by atoms with Crippen molar-refractivity contribution in [3.05, 3.63) is 48.5 Å². The molecule has 0 spiro atoms. The van der Waals surface area contributed by atoms with Crippen molar-refractivity contribution in [3.63, 3.8) is 0 Å². The molecule has 0 amide bonds. The van der Waals surface area contributed by atoms with Gasteiger partial charge in [-0.25, -0.2) is 0 Å². The summed E-state index contributed by atoms with van der Waals surface area (Å²) >= 11 is 0. The smallest absolute Gasteiger partial charge is 0.317 e. The molecule has 116 valence electrons. The zero-order valence-electron chi connectivity index (χ0n) is 11.2. The Kier molecular flexibility index (Phi) is 4.32. The predicted octanol–water partition coefficient (Wildman–Crippen LogP) is -0.659. The highest BCUT2D eigenvalue weighted by atomic mass is 16.6. The minimum Gasteiger partial charge on any atom is -0.480 e. The minimum atomic E-state index is -1.03. The Bertz CT molecular complexity index is 853. The Morgan fingerprint density at radius 3 is 2.59 bits per heavy atom. The van der Waals surface area contributed by atoms with Crippen molar-refractivity contribution < 1.29 is 14.8 Å². The molecule has 0 radical (unpaired) electrons. The van der Waals surface area contributed by atoms with E-state index in [-0.39, 0.29) is 36.2 Å². The van der Waals surface area contributed by atoms with Crippen molar-refractivity contribution in [1.29, 1.82) is 0 Å². The van der Waals surface area contributed by atoms with Crippen LogP contribution in [0.4, 0.5) is 5.69 Å². The van der Waals surface area contributed by atoms with E-state index >= 15 is 0 Å². The third kappa shape index (κ3) is 3.35. The van der Waals surface area contributed by atoms with E-state index < -0.39 is 22.0 Å². The third-order valence-corrected chi connectivity index (χ3v) is 2.96. The Morgan fingerprint density at radius 2 is 1.95 bits per heavy atom. The van der Waals surface area contributed by atoms with Crippen molar-refractivity contribution in [3.8, 4) is 0 Å². The zero-order valence-corrected chi connectivity index (χ0v) is 11.2. The molecule has 4 N–H and O–H groups in total. The first-order chi connectivity index (χ1) is 10.4. The van der Waals surface area contributed by atoms with Crippen LogP contribution in [0.3, 0.4) is 0 Å². The fourth-order valence-corrected chi connectivity index (χ4v) is 2.00. The molecule has 0 saturated carbocycles. The topological polar surface area (TPSA) is 158 Å². The first kappa shape index (κ1) is 15.4. The van der Waals surface area contributed by atoms with Gasteiger partial charge in [0, 0.05) is 12.1 Å². The molecule has 10 nitrogen and oxygen atoms in total. The maximum Gasteiger partial charge on any atom is 0.317 e. The summed E-state index contributed by atoms with van der Waals surface area (Å²) in [5, 5.41) is 22.1.